The summed E-state index contributed by atoms with van der Waals surface area (Å²) in [5.74, 6) is -0.0564. The lowest BCUT2D eigenvalue weighted by Crippen LogP contribution is -2.37. The van der Waals surface area contributed by atoms with Crippen LogP contribution in [0.4, 0.5) is 4.79 Å². The third kappa shape index (κ3) is 10.2. The molecule has 1 N–H and O–H groups in total. The summed E-state index contributed by atoms with van der Waals surface area (Å²) >= 11 is 1.45. The number of alkyl carbamates (subject to hydrolysis) is 1. The van der Waals surface area contributed by atoms with Crippen LogP contribution in [0.1, 0.15) is 55.5 Å². The molecule has 0 saturated carbocycles. The van der Waals surface area contributed by atoms with Crippen LogP contribution in [0.25, 0.3) is 0 Å². The summed E-state index contributed by atoms with van der Waals surface area (Å²) in [5.41, 5.74) is 4.05. The first kappa shape index (κ1) is 27.4. The highest BCUT2D eigenvalue weighted by atomic mass is 32.1. The fourth-order valence-corrected chi connectivity index (χ4v) is 4.54. The molecule has 192 valence electrons. The summed E-state index contributed by atoms with van der Waals surface area (Å²) in [7, 11) is 0. The van der Waals surface area contributed by atoms with Gasteiger partial charge in [-0.25, -0.2) is 4.79 Å². The van der Waals surface area contributed by atoms with Crippen molar-refractivity contribution in [1.29, 1.82) is 0 Å². The van der Waals surface area contributed by atoms with Crippen molar-refractivity contribution in [1.82, 2.24) is 10.3 Å². The molecule has 0 fully saturated rings. The van der Waals surface area contributed by atoms with Gasteiger partial charge in [-0.3, -0.25) is 9.78 Å². The minimum Gasteiger partial charge on any atom is -0.463 e. The molecule has 36 heavy (non-hydrogen) atoms. The SMILES string of the molecule is CCC(C)OC(=O)C[C@H](CC[C@H](Cc1ccccc1)NC(=O)OCc1cncs1)Cc1ccccc1. The summed E-state index contributed by atoms with van der Waals surface area (Å²) < 4.78 is 11.0. The number of nitrogens with zero attached hydrogens (tertiary/aromatic N) is 1. The maximum atomic E-state index is 12.6. The van der Waals surface area contributed by atoms with Crippen molar-refractivity contribution in [2.24, 2.45) is 5.92 Å². The monoisotopic (exact) mass is 508 g/mol. The molecule has 7 heteroatoms. The number of hydrogen-bond acceptors (Lipinski definition) is 6. The number of nitrogens with one attached hydrogen (secondary N) is 1. The van der Waals surface area contributed by atoms with E-state index in [1.165, 1.54) is 16.9 Å². The number of aromatic nitrogens is 1. The van der Waals surface area contributed by atoms with Gasteiger partial charge in [0.05, 0.1) is 16.5 Å². The topological polar surface area (TPSA) is 77.5 Å². The zero-order valence-electron chi connectivity index (χ0n) is 21.1. The number of amides is 1. The number of thiazole rings is 1. The van der Waals surface area contributed by atoms with E-state index in [2.05, 4.69) is 34.6 Å². The minimum atomic E-state index is -0.444. The van der Waals surface area contributed by atoms with Crippen LogP contribution in [0, 0.1) is 5.92 Å². The van der Waals surface area contributed by atoms with Gasteiger partial charge in [-0.2, -0.15) is 0 Å². The number of ether oxygens (including phenoxy) is 2. The van der Waals surface area contributed by atoms with Crippen LogP contribution in [-0.4, -0.2) is 29.2 Å². The largest absolute Gasteiger partial charge is 0.463 e. The molecule has 1 unspecified atom stereocenters. The molecular formula is C29H36N2O4S. The van der Waals surface area contributed by atoms with Gasteiger partial charge in [0.15, 0.2) is 0 Å². The van der Waals surface area contributed by atoms with Crippen LogP contribution >= 0.6 is 11.3 Å². The minimum absolute atomic E-state index is 0.0873. The maximum absolute atomic E-state index is 12.6. The summed E-state index contributed by atoms with van der Waals surface area (Å²) in [6.45, 7) is 4.13. The molecule has 2 aromatic carbocycles. The molecule has 3 aromatic rings. The molecule has 0 aliphatic heterocycles. The Bertz CT molecular complexity index is 1030. The first-order valence-corrected chi connectivity index (χ1v) is 13.5. The summed E-state index contributed by atoms with van der Waals surface area (Å²) in [5, 5.41) is 3.05. The predicted octanol–water partition coefficient (Wildman–Crippen LogP) is 6.35. The molecule has 0 spiro atoms. The lowest BCUT2D eigenvalue weighted by Gasteiger charge is -2.23. The molecule has 0 radical (unpaired) electrons. The van der Waals surface area contributed by atoms with E-state index in [0.717, 1.165) is 36.1 Å². The lowest BCUT2D eigenvalue weighted by atomic mass is 9.89. The molecule has 3 atom stereocenters. The van der Waals surface area contributed by atoms with Gasteiger partial charge in [0.2, 0.25) is 0 Å². The van der Waals surface area contributed by atoms with E-state index in [1.807, 2.05) is 50.2 Å². The normalized spacial score (nSPS) is 13.4. The van der Waals surface area contributed by atoms with E-state index in [9.17, 15) is 9.59 Å². The Hall–Kier alpha value is -3.19. The first-order valence-electron chi connectivity index (χ1n) is 12.6. The third-order valence-electron chi connectivity index (χ3n) is 6.13. The van der Waals surface area contributed by atoms with E-state index in [1.54, 1.807) is 11.7 Å². The number of hydrogen-bond donors (Lipinski definition) is 1. The second-order valence-corrected chi connectivity index (χ2v) is 10.1. The lowest BCUT2D eigenvalue weighted by molar-refractivity contribution is -0.149. The molecule has 6 nitrogen and oxygen atoms in total. The van der Waals surface area contributed by atoms with Crippen LogP contribution in [0.15, 0.2) is 72.4 Å². The summed E-state index contributed by atoms with van der Waals surface area (Å²) in [4.78, 5) is 30.1. The van der Waals surface area contributed by atoms with Crippen LogP contribution in [0.3, 0.4) is 0 Å². The Morgan fingerprint density at radius 1 is 0.972 bits per heavy atom. The van der Waals surface area contributed by atoms with Crippen molar-refractivity contribution in [3.05, 3.63) is 88.4 Å². The zero-order valence-corrected chi connectivity index (χ0v) is 21.9. The fourth-order valence-electron chi connectivity index (χ4n) is 4.03. The van der Waals surface area contributed by atoms with E-state index < -0.39 is 6.09 Å². The standard InChI is InChI=1S/C29H36N2O4S/c1-3-22(2)35-28(32)18-25(16-23-10-6-4-7-11-23)14-15-26(17-24-12-8-5-9-13-24)31-29(33)34-20-27-19-30-21-36-27/h4-13,19,21-22,25-26H,3,14-18,20H2,1-2H3,(H,31,33)/t22?,25-,26-/m1/s1. The number of esters is 1. The molecule has 1 amide bonds. The van der Waals surface area contributed by atoms with Crippen molar-refractivity contribution in [2.45, 2.75) is 71.1 Å². The van der Waals surface area contributed by atoms with Gasteiger partial charge < -0.3 is 14.8 Å². The molecule has 0 saturated heterocycles. The van der Waals surface area contributed by atoms with Crippen molar-refractivity contribution in [2.75, 3.05) is 0 Å². The van der Waals surface area contributed by atoms with E-state index >= 15 is 0 Å². The molecular weight excluding hydrogens is 472 g/mol. The Morgan fingerprint density at radius 2 is 1.64 bits per heavy atom. The number of carbonyl (C=O) groups is 2. The fraction of sp³-hybridized carbons (Fsp3) is 0.414. The number of carbonyl (C=O) groups excluding carboxylic acids is 2. The Kier molecular flexibility index (Phi) is 11.4. The van der Waals surface area contributed by atoms with Crippen LogP contribution in [0.5, 0.6) is 0 Å². The number of rotatable bonds is 14. The highest BCUT2D eigenvalue weighted by molar-refractivity contribution is 7.09. The average Bonchev–Trinajstić information content (AvgIpc) is 3.41. The van der Waals surface area contributed by atoms with Gasteiger partial charge in [0.25, 0.3) is 0 Å². The average molecular weight is 509 g/mol. The number of benzene rings is 2. The second-order valence-electron chi connectivity index (χ2n) is 9.12. The van der Waals surface area contributed by atoms with Gasteiger partial charge in [0.1, 0.15) is 6.61 Å². The van der Waals surface area contributed by atoms with Gasteiger partial charge in [-0.15, -0.1) is 11.3 Å². The quantitative estimate of drug-likeness (QED) is 0.257. The van der Waals surface area contributed by atoms with Crippen molar-refractivity contribution >= 4 is 23.4 Å². The van der Waals surface area contributed by atoms with Gasteiger partial charge in [-0.1, -0.05) is 67.6 Å². The highest BCUT2D eigenvalue weighted by Crippen LogP contribution is 2.22. The molecule has 3 rings (SSSR count). The third-order valence-corrected chi connectivity index (χ3v) is 6.88. The van der Waals surface area contributed by atoms with Crippen molar-refractivity contribution in [3.8, 4) is 0 Å². The van der Waals surface area contributed by atoms with Gasteiger partial charge in [0, 0.05) is 18.7 Å². The Balaban J connectivity index is 1.64. The highest BCUT2D eigenvalue weighted by Gasteiger charge is 2.21. The molecule has 0 aliphatic carbocycles. The molecule has 0 bridgehead atoms. The van der Waals surface area contributed by atoms with Crippen LogP contribution in [0.2, 0.25) is 0 Å². The van der Waals surface area contributed by atoms with Crippen molar-refractivity contribution < 1.29 is 19.1 Å². The predicted molar refractivity (Wildman–Crippen MR) is 143 cm³/mol. The van der Waals surface area contributed by atoms with Gasteiger partial charge >= 0.3 is 12.1 Å². The maximum Gasteiger partial charge on any atom is 0.407 e. The zero-order chi connectivity index (χ0) is 25.6. The second kappa shape index (κ2) is 15.0. The molecule has 0 aliphatic rings. The summed E-state index contributed by atoms with van der Waals surface area (Å²) in [6.07, 6.45) is 5.28. The molecule has 1 aromatic heterocycles. The van der Waals surface area contributed by atoms with E-state index in [4.69, 9.17) is 9.47 Å². The summed E-state index contributed by atoms with van der Waals surface area (Å²) in [6, 6.07) is 20.2. The van der Waals surface area contributed by atoms with Crippen LogP contribution < -0.4 is 5.32 Å². The Morgan fingerprint density at radius 3 is 2.25 bits per heavy atom. The smallest absolute Gasteiger partial charge is 0.407 e. The van der Waals surface area contributed by atoms with E-state index in [0.29, 0.717) is 12.8 Å². The first-order chi connectivity index (χ1) is 17.5. The van der Waals surface area contributed by atoms with E-state index in [-0.39, 0.29) is 30.6 Å². The Labute approximate surface area is 218 Å². The van der Waals surface area contributed by atoms with Crippen LogP contribution in [-0.2, 0) is 33.7 Å². The molecule has 1 heterocycles. The van der Waals surface area contributed by atoms with Crippen molar-refractivity contribution in [3.63, 3.8) is 0 Å². The van der Waals surface area contributed by atoms with Gasteiger partial charge in [-0.05, 0) is 56.1 Å².